The first kappa shape index (κ1) is 14.0. The number of thiophene rings is 1. The topological polar surface area (TPSA) is 79.3 Å². The van der Waals surface area contributed by atoms with Crippen molar-refractivity contribution < 1.29 is 14.7 Å². The molecule has 2 heterocycles. The lowest BCUT2D eigenvalue weighted by Crippen LogP contribution is -2.13. The summed E-state index contributed by atoms with van der Waals surface area (Å²) in [5, 5.41) is 13.4. The Hall–Kier alpha value is -2.47. The molecule has 0 aliphatic rings. The maximum absolute atomic E-state index is 11.8. The van der Waals surface area contributed by atoms with Crippen molar-refractivity contribution in [3.05, 3.63) is 52.0 Å². The van der Waals surface area contributed by atoms with Crippen LogP contribution in [0.1, 0.15) is 20.9 Å². The van der Waals surface area contributed by atoms with Crippen LogP contribution in [0.25, 0.3) is 6.08 Å². The summed E-state index contributed by atoms with van der Waals surface area (Å²) in [6, 6.07) is 5.03. The Morgan fingerprint density at radius 2 is 2.20 bits per heavy atom. The smallest absolute Gasteiger partial charge is 0.356 e. The number of hydrogen-bond acceptors (Lipinski definition) is 4. The van der Waals surface area contributed by atoms with Crippen LogP contribution in [-0.2, 0) is 4.79 Å². The van der Waals surface area contributed by atoms with Crippen molar-refractivity contribution in [3.8, 4) is 0 Å². The minimum absolute atomic E-state index is 0.178. The van der Waals surface area contributed by atoms with E-state index in [4.69, 9.17) is 5.11 Å². The summed E-state index contributed by atoms with van der Waals surface area (Å²) in [6.45, 7) is 1.96. The molecule has 2 N–H and O–H groups in total. The minimum Gasteiger partial charge on any atom is -0.476 e. The second-order valence-corrected chi connectivity index (χ2v) is 4.94. The number of rotatable bonds is 4. The Labute approximate surface area is 119 Å². The number of amides is 1. The van der Waals surface area contributed by atoms with Crippen LogP contribution in [0.4, 0.5) is 5.69 Å². The highest BCUT2D eigenvalue weighted by Crippen LogP contribution is 2.17. The van der Waals surface area contributed by atoms with E-state index in [0.717, 1.165) is 10.4 Å². The highest BCUT2D eigenvalue weighted by atomic mass is 32.1. The average molecular weight is 288 g/mol. The standard InChI is InChI=1S/C14H12N2O3S/c1-9-6-8-20-11(9)4-5-12(17)16-10-3-2-7-15-13(10)14(18)19/h2-8H,1H3,(H,16,17)(H,18,19)/b5-4+. The molecule has 5 nitrogen and oxygen atoms in total. The molecule has 0 fully saturated rings. The minimum atomic E-state index is -1.18. The van der Waals surface area contributed by atoms with Gasteiger partial charge in [-0.3, -0.25) is 4.79 Å². The summed E-state index contributed by atoms with van der Waals surface area (Å²) in [6.07, 6.45) is 4.44. The van der Waals surface area contributed by atoms with Crippen LogP contribution in [0.3, 0.4) is 0 Å². The van der Waals surface area contributed by atoms with E-state index in [2.05, 4.69) is 10.3 Å². The van der Waals surface area contributed by atoms with Gasteiger partial charge in [-0.05, 0) is 42.1 Å². The molecule has 0 radical (unpaired) electrons. The number of nitrogens with one attached hydrogen (secondary N) is 1. The van der Waals surface area contributed by atoms with Gasteiger partial charge in [-0.1, -0.05) is 0 Å². The molecule has 0 bridgehead atoms. The molecule has 6 heteroatoms. The number of aromatic carboxylic acids is 1. The van der Waals surface area contributed by atoms with Gasteiger partial charge in [0.15, 0.2) is 5.69 Å². The molecule has 0 unspecified atom stereocenters. The number of aromatic nitrogens is 1. The van der Waals surface area contributed by atoms with Gasteiger partial charge in [-0.2, -0.15) is 0 Å². The zero-order valence-electron chi connectivity index (χ0n) is 10.7. The number of carbonyl (C=O) groups excluding carboxylic acids is 1. The first-order valence-electron chi connectivity index (χ1n) is 5.79. The number of nitrogens with zero attached hydrogens (tertiary/aromatic N) is 1. The van der Waals surface area contributed by atoms with Crippen LogP contribution in [-0.4, -0.2) is 22.0 Å². The van der Waals surface area contributed by atoms with Crippen LogP contribution in [0.15, 0.2) is 35.9 Å². The van der Waals surface area contributed by atoms with Crippen molar-refractivity contribution in [3.63, 3.8) is 0 Å². The monoisotopic (exact) mass is 288 g/mol. The molecular weight excluding hydrogens is 276 g/mol. The predicted molar refractivity (Wildman–Crippen MR) is 77.9 cm³/mol. The molecule has 0 aromatic carbocycles. The van der Waals surface area contributed by atoms with E-state index in [1.54, 1.807) is 12.1 Å². The van der Waals surface area contributed by atoms with Gasteiger partial charge in [0.05, 0.1) is 5.69 Å². The van der Waals surface area contributed by atoms with Crippen LogP contribution >= 0.6 is 11.3 Å². The van der Waals surface area contributed by atoms with Crippen molar-refractivity contribution in [1.29, 1.82) is 0 Å². The quantitative estimate of drug-likeness (QED) is 0.848. The third-order valence-corrected chi connectivity index (χ3v) is 3.54. The molecule has 0 saturated carbocycles. The first-order valence-corrected chi connectivity index (χ1v) is 6.67. The fourth-order valence-corrected chi connectivity index (χ4v) is 2.38. The predicted octanol–water partition coefficient (Wildman–Crippen LogP) is 2.80. The van der Waals surface area contributed by atoms with Crippen molar-refractivity contribution >= 4 is 35.0 Å². The van der Waals surface area contributed by atoms with Gasteiger partial charge in [0.2, 0.25) is 5.91 Å². The van der Waals surface area contributed by atoms with Gasteiger partial charge >= 0.3 is 5.97 Å². The van der Waals surface area contributed by atoms with E-state index in [9.17, 15) is 9.59 Å². The number of pyridine rings is 1. The average Bonchev–Trinajstić information content (AvgIpc) is 2.82. The largest absolute Gasteiger partial charge is 0.476 e. The summed E-state index contributed by atoms with van der Waals surface area (Å²) in [7, 11) is 0. The van der Waals surface area contributed by atoms with Gasteiger partial charge in [0.1, 0.15) is 0 Å². The van der Waals surface area contributed by atoms with E-state index in [-0.39, 0.29) is 11.4 Å². The molecule has 0 saturated heterocycles. The maximum Gasteiger partial charge on any atom is 0.356 e. The third kappa shape index (κ3) is 3.30. The molecule has 0 spiro atoms. The van der Waals surface area contributed by atoms with E-state index in [1.807, 2.05) is 18.4 Å². The number of carbonyl (C=O) groups is 2. The number of aryl methyl sites for hydroxylation is 1. The Bertz CT molecular complexity index is 677. The third-order valence-electron chi connectivity index (χ3n) is 2.56. The molecule has 2 aromatic heterocycles. The zero-order valence-corrected chi connectivity index (χ0v) is 11.5. The summed E-state index contributed by atoms with van der Waals surface area (Å²) in [5.74, 6) is -1.58. The molecule has 1 amide bonds. The summed E-state index contributed by atoms with van der Waals surface area (Å²) >= 11 is 1.53. The molecule has 102 valence electrons. The second kappa shape index (κ2) is 6.12. The van der Waals surface area contributed by atoms with Gasteiger partial charge < -0.3 is 10.4 Å². The van der Waals surface area contributed by atoms with Gasteiger partial charge in [-0.25, -0.2) is 9.78 Å². The van der Waals surface area contributed by atoms with Gasteiger partial charge in [-0.15, -0.1) is 11.3 Å². The van der Waals surface area contributed by atoms with E-state index >= 15 is 0 Å². The summed E-state index contributed by atoms with van der Waals surface area (Å²) < 4.78 is 0. The van der Waals surface area contributed by atoms with Crippen molar-refractivity contribution in [2.75, 3.05) is 5.32 Å². The van der Waals surface area contributed by atoms with Crippen LogP contribution in [0, 0.1) is 6.92 Å². The molecule has 2 rings (SSSR count). The maximum atomic E-state index is 11.8. The number of carboxylic acid groups (broad SMARTS) is 1. The fraction of sp³-hybridized carbons (Fsp3) is 0.0714. The lowest BCUT2D eigenvalue weighted by molar-refractivity contribution is -0.111. The molecule has 0 aliphatic heterocycles. The molecule has 0 aliphatic carbocycles. The summed E-state index contributed by atoms with van der Waals surface area (Å²) in [5.41, 5.74) is 1.09. The molecule has 2 aromatic rings. The van der Waals surface area contributed by atoms with Crippen LogP contribution in [0.2, 0.25) is 0 Å². The lowest BCUT2D eigenvalue weighted by atomic mass is 10.2. The van der Waals surface area contributed by atoms with Gasteiger partial charge in [0.25, 0.3) is 0 Å². The highest BCUT2D eigenvalue weighted by Gasteiger charge is 2.12. The first-order chi connectivity index (χ1) is 9.58. The summed E-state index contributed by atoms with van der Waals surface area (Å²) in [4.78, 5) is 27.5. The Morgan fingerprint density at radius 1 is 1.40 bits per heavy atom. The zero-order chi connectivity index (χ0) is 14.5. The second-order valence-electron chi connectivity index (χ2n) is 4.00. The number of carboxylic acids is 1. The fourth-order valence-electron chi connectivity index (χ4n) is 1.56. The van der Waals surface area contributed by atoms with Crippen LogP contribution < -0.4 is 5.32 Å². The molecular formula is C14H12N2O3S. The number of anilines is 1. The highest BCUT2D eigenvalue weighted by molar-refractivity contribution is 7.11. The van der Waals surface area contributed by atoms with Crippen molar-refractivity contribution in [1.82, 2.24) is 4.98 Å². The van der Waals surface area contributed by atoms with E-state index in [1.165, 1.54) is 29.7 Å². The van der Waals surface area contributed by atoms with Crippen molar-refractivity contribution in [2.24, 2.45) is 0 Å². The van der Waals surface area contributed by atoms with E-state index in [0.29, 0.717) is 0 Å². The van der Waals surface area contributed by atoms with Crippen LogP contribution in [0.5, 0.6) is 0 Å². The van der Waals surface area contributed by atoms with E-state index < -0.39 is 11.9 Å². The Kier molecular flexibility index (Phi) is 4.27. The molecule has 0 atom stereocenters. The lowest BCUT2D eigenvalue weighted by Gasteiger charge is -2.04. The SMILES string of the molecule is Cc1ccsc1/C=C/C(=O)Nc1cccnc1C(=O)O. The Balaban J connectivity index is 2.11. The Morgan fingerprint density at radius 3 is 2.85 bits per heavy atom. The normalized spacial score (nSPS) is 10.7. The van der Waals surface area contributed by atoms with Crippen molar-refractivity contribution in [2.45, 2.75) is 6.92 Å². The molecule has 20 heavy (non-hydrogen) atoms. The van der Waals surface area contributed by atoms with Gasteiger partial charge in [0, 0.05) is 17.2 Å². The number of hydrogen-bond donors (Lipinski definition) is 2.